The SMILES string of the molecule is CCCN1c2ccccc2NC1Cn1ccnc1-c1cccc(C(F)(F)F)c1. The van der Waals surface area contributed by atoms with Crippen molar-refractivity contribution in [1.29, 1.82) is 0 Å². The third-order valence-corrected chi connectivity index (χ3v) is 4.91. The molecule has 1 aromatic heterocycles. The van der Waals surface area contributed by atoms with Gasteiger partial charge < -0.3 is 14.8 Å². The summed E-state index contributed by atoms with van der Waals surface area (Å²) in [6.45, 7) is 3.59. The van der Waals surface area contributed by atoms with Crippen molar-refractivity contribution >= 4 is 11.4 Å². The van der Waals surface area contributed by atoms with Gasteiger partial charge in [0.2, 0.25) is 0 Å². The van der Waals surface area contributed by atoms with Gasteiger partial charge in [-0.1, -0.05) is 31.2 Å². The first-order chi connectivity index (χ1) is 13.5. The molecule has 1 aliphatic rings. The van der Waals surface area contributed by atoms with Crippen LogP contribution in [0.2, 0.25) is 0 Å². The number of nitrogens with one attached hydrogen (secondary N) is 1. The number of hydrogen-bond acceptors (Lipinski definition) is 3. The monoisotopic (exact) mass is 386 g/mol. The van der Waals surface area contributed by atoms with Crippen LogP contribution in [0.25, 0.3) is 11.4 Å². The van der Waals surface area contributed by atoms with Crippen LogP contribution in [0.3, 0.4) is 0 Å². The van der Waals surface area contributed by atoms with Crippen LogP contribution in [0.4, 0.5) is 24.5 Å². The van der Waals surface area contributed by atoms with E-state index in [4.69, 9.17) is 0 Å². The van der Waals surface area contributed by atoms with Crippen molar-refractivity contribution in [2.75, 3.05) is 16.8 Å². The van der Waals surface area contributed by atoms with Crippen LogP contribution in [0, 0.1) is 0 Å². The molecular formula is C21H21F3N4. The Hall–Kier alpha value is -2.96. The second kappa shape index (κ2) is 7.22. The van der Waals surface area contributed by atoms with E-state index in [0.717, 1.165) is 36.5 Å². The zero-order valence-electron chi connectivity index (χ0n) is 15.4. The molecule has 0 radical (unpaired) electrons. The summed E-state index contributed by atoms with van der Waals surface area (Å²) in [5.74, 6) is 0.528. The smallest absolute Gasteiger partial charge is 0.362 e. The number of benzene rings is 2. The van der Waals surface area contributed by atoms with Crippen LogP contribution in [0.5, 0.6) is 0 Å². The van der Waals surface area contributed by atoms with Gasteiger partial charge in [0.1, 0.15) is 12.0 Å². The van der Waals surface area contributed by atoms with Crippen LogP contribution in [-0.2, 0) is 12.7 Å². The lowest BCUT2D eigenvalue weighted by Gasteiger charge is -2.27. The number of alkyl halides is 3. The highest BCUT2D eigenvalue weighted by atomic mass is 19.4. The van der Waals surface area contributed by atoms with Crippen LogP contribution in [-0.4, -0.2) is 22.3 Å². The number of hydrogen-bond donors (Lipinski definition) is 1. The van der Waals surface area contributed by atoms with Gasteiger partial charge in [-0.3, -0.25) is 0 Å². The van der Waals surface area contributed by atoms with E-state index >= 15 is 0 Å². The first-order valence-electron chi connectivity index (χ1n) is 9.28. The van der Waals surface area contributed by atoms with E-state index in [1.807, 2.05) is 29.0 Å². The van der Waals surface area contributed by atoms with Gasteiger partial charge in [-0.05, 0) is 30.7 Å². The van der Waals surface area contributed by atoms with Crippen molar-refractivity contribution < 1.29 is 13.2 Å². The molecule has 28 heavy (non-hydrogen) atoms. The van der Waals surface area contributed by atoms with Gasteiger partial charge in [0.05, 0.1) is 23.5 Å². The van der Waals surface area contributed by atoms with Gasteiger partial charge in [0.25, 0.3) is 0 Å². The number of nitrogens with zero attached hydrogens (tertiary/aromatic N) is 3. The van der Waals surface area contributed by atoms with Gasteiger partial charge >= 0.3 is 6.18 Å². The average molecular weight is 386 g/mol. The van der Waals surface area contributed by atoms with Crippen molar-refractivity contribution in [3.05, 3.63) is 66.5 Å². The minimum absolute atomic E-state index is 0.0103. The first kappa shape index (κ1) is 18.4. The molecule has 0 amide bonds. The van der Waals surface area contributed by atoms with Gasteiger partial charge in [0, 0.05) is 24.5 Å². The second-order valence-corrected chi connectivity index (χ2v) is 6.85. The Labute approximate surface area is 161 Å². The molecule has 1 N–H and O–H groups in total. The highest BCUT2D eigenvalue weighted by molar-refractivity contribution is 5.75. The summed E-state index contributed by atoms with van der Waals surface area (Å²) in [6, 6.07) is 13.4. The predicted molar refractivity (Wildman–Crippen MR) is 104 cm³/mol. The molecule has 3 aromatic rings. The van der Waals surface area contributed by atoms with Crippen LogP contribution < -0.4 is 10.2 Å². The lowest BCUT2D eigenvalue weighted by Crippen LogP contribution is -2.39. The molecule has 1 unspecified atom stereocenters. The lowest BCUT2D eigenvalue weighted by atomic mass is 10.1. The van der Waals surface area contributed by atoms with E-state index in [9.17, 15) is 13.2 Å². The second-order valence-electron chi connectivity index (χ2n) is 6.85. The van der Waals surface area contributed by atoms with Gasteiger partial charge in [0.15, 0.2) is 0 Å². The Balaban J connectivity index is 1.62. The molecule has 0 fully saturated rings. The predicted octanol–water partition coefficient (Wildman–Crippen LogP) is 5.24. The molecule has 7 heteroatoms. The summed E-state index contributed by atoms with van der Waals surface area (Å²) in [7, 11) is 0. The standard InChI is InChI=1S/C21H21F3N4/c1-2-11-28-18-9-4-3-8-17(18)26-19(28)14-27-12-10-25-20(27)15-6-5-7-16(13-15)21(22,23)24/h3-10,12-13,19,26H,2,11,14H2,1H3. The summed E-state index contributed by atoms with van der Waals surface area (Å²) < 4.78 is 41.1. The third-order valence-electron chi connectivity index (χ3n) is 4.91. The van der Waals surface area contributed by atoms with E-state index in [1.165, 1.54) is 6.07 Å². The van der Waals surface area contributed by atoms with E-state index in [0.29, 0.717) is 17.9 Å². The molecule has 0 spiro atoms. The fraction of sp³-hybridized carbons (Fsp3) is 0.286. The molecule has 0 aliphatic carbocycles. The maximum absolute atomic E-state index is 13.1. The Morgan fingerprint density at radius 1 is 1.11 bits per heavy atom. The summed E-state index contributed by atoms with van der Waals surface area (Å²) in [6.07, 6.45) is 0.0690. The number of para-hydroxylation sites is 2. The van der Waals surface area contributed by atoms with Crippen LogP contribution in [0.1, 0.15) is 18.9 Å². The van der Waals surface area contributed by atoms with E-state index in [2.05, 4.69) is 28.2 Å². The average Bonchev–Trinajstić information content (AvgIpc) is 3.27. The molecule has 2 heterocycles. The fourth-order valence-corrected chi connectivity index (χ4v) is 3.67. The molecule has 1 aliphatic heterocycles. The summed E-state index contributed by atoms with van der Waals surface area (Å²) in [4.78, 5) is 6.62. The first-order valence-corrected chi connectivity index (χ1v) is 9.28. The lowest BCUT2D eigenvalue weighted by molar-refractivity contribution is -0.137. The number of aromatic nitrogens is 2. The van der Waals surface area contributed by atoms with Crippen molar-refractivity contribution in [3.63, 3.8) is 0 Å². The van der Waals surface area contributed by atoms with Crippen LogP contribution >= 0.6 is 0 Å². The van der Waals surface area contributed by atoms with Crippen molar-refractivity contribution in [2.45, 2.75) is 32.2 Å². The molecule has 0 saturated heterocycles. The Morgan fingerprint density at radius 3 is 2.71 bits per heavy atom. The third kappa shape index (κ3) is 3.44. The fourth-order valence-electron chi connectivity index (χ4n) is 3.67. The summed E-state index contributed by atoms with van der Waals surface area (Å²) in [5, 5.41) is 3.52. The maximum atomic E-state index is 13.1. The number of fused-ring (bicyclic) bond motifs is 1. The molecule has 2 aromatic carbocycles. The van der Waals surface area contributed by atoms with E-state index in [1.54, 1.807) is 12.3 Å². The topological polar surface area (TPSA) is 33.1 Å². The number of anilines is 2. The minimum atomic E-state index is -4.37. The number of halogens is 3. The molecule has 1 atom stereocenters. The quantitative estimate of drug-likeness (QED) is 0.651. The van der Waals surface area contributed by atoms with Gasteiger partial charge in [-0.2, -0.15) is 13.2 Å². The molecule has 146 valence electrons. The highest BCUT2D eigenvalue weighted by Crippen LogP contribution is 2.36. The Morgan fingerprint density at radius 2 is 1.93 bits per heavy atom. The summed E-state index contributed by atoms with van der Waals surface area (Å²) in [5.41, 5.74) is 2.01. The Bertz CT molecular complexity index is 964. The molecule has 4 nitrogen and oxygen atoms in total. The maximum Gasteiger partial charge on any atom is 0.416 e. The van der Waals surface area contributed by atoms with E-state index in [-0.39, 0.29) is 6.17 Å². The number of rotatable bonds is 5. The molecule has 4 rings (SSSR count). The Kier molecular flexibility index (Phi) is 4.75. The van der Waals surface area contributed by atoms with Gasteiger partial charge in [-0.15, -0.1) is 0 Å². The normalized spacial score (nSPS) is 16.1. The van der Waals surface area contributed by atoms with Crippen molar-refractivity contribution in [3.8, 4) is 11.4 Å². The molecule has 0 bridgehead atoms. The number of imidazole rings is 1. The molecule has 0 saturated carbocycles. The van der Waals surface area contributed by atoms with E-state index < -0.39 is 11.7 Å². The van der Waals surface area contributed by atoms with Gasteiger partial charge in [-0.25, -0.2) is 4.98 Å². The summed E-state index contributed by atoms with van der Waals surface area (Å²) >= 11 is 0. The minimum Gasteiger partial charge on any atom is -0.362 e. The largest absolute Gasteiger partial charge is 0.416 e. The zero-order chi connectivity index (χ0) is 19.7. The van der Waals surface area contributed by atoms with Crippen molar-refractivity contribution in [2.24, 2.45) is 0 Å². The highest BCUT2D eigenvalue weighted by Gasteiger charge is 2.31. The molecular weight excluding hydrogens is 365 g/mol. The zero-order valence-corrected chi connectivity index (χ0v) is 15.4. The van der Waals surface area contributed by atoms with Crippen molar-refractivity contribution in [1.82, 2.24) is 9.55 Å². The van der Waals surface area contributed by atoms with Crippen LogP contribution in [0.15, 0.2) is 60.9 Å².